The van der Waals surface area contributed by atoms with Crippen LogP contribution in [0.4, 0.5) is 0 Å². The minimum absolute atomic E-state index is 0.324. The normalized spacial score (nSPS) is 15.3. The molecule has 0 unspecified atom stereocenters. The van der Waals surface area contributed by atoms with Gasteiger partial charge in [0.1, 0.15) is 11.3 Å². The summed E-state index contributed by atoms with van der Waals surface area (Å²) in [5, 5.41) is 13.8. The standard InChI is InChI=1S/C19H21NO6/c1-9-7-14(25-11(3)17(21)20-10(2)18(22)23)16-12-5-4-6-13(12)19(24)26-15(16)8-9/h7-8,10-11H,4-6H2,1-3H3,(H,20,21)(H,22,23)/p-1/t10-,11-/m0/s1. The van der Waals surface area contributed by atoms with Gasteiger partial charge < -0.3 is 24.4 Å². The highest BCUT2D eigenvalue weighted by Gasteiger charge is 2.24. The van der Waals surface area contributed by atoms with Crippen molar-refractivity contribution in [1.29, 1.82) is 0 Å². The molecule has 1 aromatic carbocycles. The lowest BCUT2D eigenvalue weighted by atomic mass is 10.0. The smallest absolute Gasteiger partial charge is 0.339 e. The Hall–Kier alpha value is -2.83. The van der Waals surface area contributed by atoms with E-state index in [1.807, 2.05) is 6.92 Å². The number of carbonyl (C=O) groups is 2. The Kier molecular flexibility index (Phi) is 4.71. The van der Waals surface area contributed by atoms with E-state index in [2.05, 4.69) is 5.32 Å². The number of aliphatic carboxylic acids is 1. The van der Waals surface area contributed by atoms with E-state index in [0.29, 0.717) is 28.7 Å². The van der Waals surface area contributed by atoms with Gasteiger partial charge in [0, 0.05) is 5.56 Å². The average molecular weight is 358 g/mol. The first-order valence-electron chi connectivity index (χ1n) is 8.55. The highest BCUT2D eigenvalue weighted by molar-refractivity contribution is 5.90. The average Bonchev–Trinajstić information content (AvgIpc) is 3.04. The third-order valence-corrected chi connectivity index (χ3v) is 4.56. The second-order valence-corrected chi connectivity index (χ2v) is 6.65. The molecule has 1 heterocycles. The summed E-state index contributed by atoms with van der Waals surface area (Å²) in [6.07, 6.45) is 1.36. The molecule has 0 saturated heterocycles. The molecule has 1 aromatic heterocycles. The number of nitrogens with one attached hydrogen (secondary N) is 1. The Morgan fingerprint density at radius 2 is 1.92 bits per heavy atom. The van der Waals surface area contributed by atoms with Gasteiger partial charge in [-0.25, -0.2) is 4.79 Å². The van der Waals surface area contributed by atoms with E-state index in [9.17, 15) is 19.5 Å². The van der Waals surface area contributed by atoms with Crippen molar-refractivity contribution in [3.05, 3.63) is 39.2 Å². The maximum Gasteiger partial charge on any atom is 0.339 e. The summed E-state index contributed by atoms with van der Waals surface area (Å²) in [6.45, 7) is 4.69. The Morgan fingerprint density at radius 3 is 2.62 bits per heavy atom. The lowest BCUT2D eigenvalue weighted by Gasteiger charge is -2.20. The molecule has 1 N–H and O–H groups in total. The van der Waals surface area contributed by atoms with Gasteiger partial charge in [-0.05, 0) is 63.3 Å². The first kappa shape index (κ1) is 18.0. The molecule has 3 rings (SSSR count). The van der Waals surface area contributed by atoms with Crippen molar-refractivity contribution in [3.63, 3.8) is 0 Å². The van der Waals surface area contributed by atoms with Crippen molar-refractivity contribution in [2.24, 2.45) is 0 Å². The summed E-state index contributed by atoms with van der Waals surface area (Å²) in [6, 6.07) is 2.43. The van der Waals surface area contributed by atoms with Crippen molar-refractivity contribution in [2.45, 2.75) is 52.2 Å². The third-order valence-electron chi connectivity index (χ3n) is 4.56. The minimum Gasteiger partial charge on any atom is -0.548 e. The molecule has 1 aliphatic rings. The van der Waals surface area contributed by atoms with Crippen LogP contribution in [0.3, 0.4) is 0 Å². The van der Waals surface area contributed by atoms with Crippen LogP contribution in [-0.2, 0) is 22.4 Å². The SMILES string of the molecule is Cc1cc(O[C@@H](C)C(=O)N[C@@H](C)C(=O)[O-])c2c3c(c(=O)oc2c1)CCC3. The van der Waals surface area contributed by atoms with Gasteiger partial charge in [0.2, 0.25) is 0 Å². The quantitative estimate of drug-likeness (QED) is 0.785. The predicted molar refractivity (Wildman–Crippen MR) is 91.9 cm³/mol. The molecule has 1 amide bonds. The van der Waals surface area contributed by atoms with Crippen LogP contribution in [0.5, 0.6) is 5.75 Å². The third kappa shape index (κ3) is 3.29. The number of carbonyl (C=O) groups excluding carboxylic acids is 2. The van der Waals surface area contributed by atoms with Gasteiger partial charge in [0.25, 0.3) is 5.91 Å². The number of hydrogen-bond acceptors (Lipinski definition) is 6. The summed E-state index contributed by atoms with van der Waals surface area (Å²) in [4.78, 5) is 35.1. The van der Waals surface area contributed by atoms with Gasteiger partial charge in [0.15, 0.2) is 6.10 Å². The summed E-state index contributed by atoms with van der Waals surface area (Å²) >= 11 is 0. The number of aryl methyl sites for hydroxylation is 2. The van der Waals surface area contributed by atoms with Crippen LogP contribution < -0.4 is 20.8 Å². The van der Waals surface area contributed by atoms with Gasteiger partial charge in [-0.3, -0.25) is 4.79 Å². The molecule has 2 aromatic rings. The molecule has 0 radical (unpaired) electrons. The fourth-order valence-electron chi connectivity index (χ4n) is 3.23. The molecule has 0 spiro atoms. The molecule has 138 valence electrons. The molecule has 1 aliphatic carbocycles. The number of rotatable bonds is 5. The van der Waals surface area contributed by atoms with Crippen LogP contribution in [0.2, 0.25) is 0 Å². The summed E-state index contributed by atoms with van der Waals surface area (Å²) in [5.41, 5.74) is 2.50. The first-order chi connectivity index (χ1) is 12.3. The highest BCUT2D eigenvalue weighted by Crippen LogP contribution is 2.35. The fraction of sp³-hybridized carbons (Fsp3) is 0.421. The number of ether oxygens (including phenoxy) is 1. The van der Waals surface area contributed by atoms with E-state index in [1.165, 1.54) is 13.8 Å². The largest absolute Gasteiger partial charge is 0.548 e. The van der Waals surface area contributed by atoms with Crippen LogP contribution in [0, 0.1) is 6.92 Å². The number of fused-ring (bicyclic) bond motifs is 3. The number of hydrogen-bond donors (Lipinski definition) is 1. The van der Waals surface area contributed by atoms with E-state index in [1.54, 1.807) is 12.1 Å². The molecule has 0 aliphatic heterocycles. The highest BCUT2D eigenvalue weighted by atomic mass is 16.5. The summed E-state index contributed by atoms with van der Waals surface area (Å²) in [5.74, 6) is -1.48. The van der Waals surface area contributed by atoms with Crippen LogP contribution in [0.15, 0.2) is 21.3 Å². The Balaban J connectivity index is 1.97. The molecule has 0 bridgehead atoms. The number of carboxylic acid groups (broad SMARTS) is 1. The Morgan fingerprint density at radius 1 is 1.23 bits per heavy atom. The topological polar surface area (TPSA) is 109 Å². The zero-order chi connectivity index (χ0) is 19.0. The van der Waals surface area contributed by atoms with E-state index < -0.39 is 24.0 Å². The maximum atomic E-state index is 12.2. The maximum absolute atomic E-state index is 12.2. The number of benzene rings is 1. The van der Waals surface area contributed by atoms with Gasteiger partial charge in [-0.15, -0.1) is 0 Å². The second kappa shape index (κ2) is 6.82. The molecular weight excluding hydrogens is 338 g/mol. The molecule has 0 saturated carbocycles. The van der Waals surface area contributed by atoms with Crippen molar-refractivity contribution in [2.75, 3.05) is 0 Å². The zero-order valence-corrected chi connectivity index (χ0v) is 14.9. The van der Waals surface area contributed by atoms with E-state index in [0.717, 1.165) is 24.0 Å². The van der Waals surface area contributed by atoms with E-state index in [4.69, 9.17) is 9.15 Å². The summed E-state index contributed by atoms with van der Waals surface area (Å²) in [7, 11) is 0. The Bertz CT molecular complexity index is 945. The fourth-order valence-corrected chi connectivity index (χ4v) is 3.23. The van der Waals surface area contributed by atoms with Crippen molar-refractivity contribution in [3.8, 4) is 5.75 Å². The van der Waals surface area contributed by atoms with Crippen molar-refractivity contribution in [1.82, 2.24) is 5.32 Å². The molecule has 0 fully saturated rings. The molecular formula is C19H20NO6-. The van der Waals surface area contributed by atoms with Crippen LogP contribution >= 0.6 is 0 Å². The lowest BCUT2D eigenvalue weighted by Crippen LogP contribution is -2.49. The first-order valence-corrected chi connectivity index (χ1v) is 8.55. The Labute approximate surface area is 150 Å². The number of amides is 1. The zero-order valence-electron chi connectivity index (χ0n) is 14.9. The van der Waals surface area contributed by atoms with Gasteiger partial charge >= 0.3 is 5.63 Å². The second-order valence-electron chi connectivity index (χ2n) is 6.65. The summed E-state index contributed by atoms with van der Waals surface area (Å²) < 4.78 is 11.3. The minimum atomic E-state index is -1.37. The van der Waals surface area contributed by atoms with Gasteiger partial charge in [-0.2, -0.15) is 0 Å². The molecule has 26 heavy (non-hydrogen) atoms. The predicted octanol–water partition coefficient (Wildman–Crippen LogP) is 0.612. The van der Waals surface area contributed by atoms with Gasteiger partial charge in [0.05, 0.1) is 17.4 Å². The monoisotopic (exact) mass is 358 g/mol. The number of carboxylic acids is 1. The van der Waals surface area contributed by atoms with E-state index in [-0.39, 0.29) is 5.63 Å². The van der Waals surface area contributed by atoms with Crippen LogP contribution in [0.1, 0.15) is 37.0 Å². The van der Waals surface area contributed by atoms with Crippen molar-refractivity contribution < 1.29 is 23.8 Å². The van der Waals surface area contributed by atoms with Crippen LogP contribution in [-0.4, -0.2) is 24.0 Å². The van der Waals surface area contributed by atoms with Gasteiger partial charge in [-0.1, -0.05) is 0 Å². The molecule has 2 atom stereocenters. The molecule has 7 nitrogen and oxygen atoms in total. The van der Waals surface area contributed by atoms with E-state index >= 15 is 0 Å². The lowest BCUT2D eigenvalue weighted by molar-refractivity contribution is -0.307. The van der Waals surface area contributed by atoms with Crippen molar-refractivity contribution >= 4 is 22.8 Å². The molecule has 7 heteroatoms. The van der Waals surface area contributed by atoms with Crippen LogP contribution in [0.25, 0.3) is 11.0 Å².